The van der Waals surface area contributed by atoms with Crippen molar-refractivity contribution < 1.29 is 9.26 Å². The first-order chi connectivity index (χ1) is 9.24. The summed E-state index contributed by atoms with van der Waals surface area (Å²) >= 11 is 0. The van der Waals surface area contributed by atoms with Gasteiger partial charge in [0.2, 0.25) is 0 Å². The second-order valence-corrected chi connectivity index (χ2v) is 5.09. The van der Waals surface area contributed by atoms with Crippen LogP contribution in [0.2, 0.25) is 0 Å². The van der Waals surface area contributed by atoms with Crippen LogP contribution in [-0.2, 0) is 0 Å². The molecule has 100 valence electrons. The summed E-state index contributed by atoms with van der Waals surface area (Å²) in [5.41, 5.74) is 7.69. The van der Waals surface area contributed by atoms with Crippen LogP contribution in [0.25, 0.3) is 11.3 Å². The second kappa shape index (κ2) is 4.96. The van der Waals surface area contributed by atoms with Gasteiger partial charge < -0.3 is 15.0 Å². The zero-order valence-corrected chi connectivity index (χ0v) is 11.1. The van der Waals surface area contributed by atoms with Gasteiger partial charge in [-0.15, -0.1) is 0 Å². The normalized spacial score (nSPS) is 15.8. The molecule has 0 saturated heterocycles. The van der Waals surface area contributed by atoms with Gasteiger partial charge in [0, 0.05) is 6.07 Å². The Morgan fingerprint density at radius 2 is 2.11 bits per heavy atom. The molecule has 1 heterocycles. The number of nitrogen functional groups attached to an aromatic ring is 1. The Balaban J connectivity index is 1.97. The van der Waals surface area contributed by atoms with E-state index in [1.165, 1.54) is 12.8 Å². The highest BCUT2D eigenvalue weighted by molar-refractivity contribution is 5.71. The third kappa shape index (κ3) is 2.43. The molecule has 1 aliphatic rings. The Morgan fingerprint density at radius 3 is 2.79 bits per heavy atom. The fraction of sp³-hybridized carbons (Fsp3) is 0.400. The number of aromatic nitrogens is 1. The van der Waals surface area contributed by atoms with E-state index < -0.39 is 0 Å². The first-order valence-electron chi connectivity index (χ1n) is 6.73. The predicted molar refractivity (Wildman–Crippen MR) is 74.0 cm³/mol. The van der Waals surface area contributed by atoms with Crippen LogP contribution in [-0.4, -0.2) is 11.3 Å². The van der Waals surface area contributed by atoms with Gasteiger partial charge in [0.25, 0.3) is 0 Å². The molecule has 2 N–H and O–H groups in total. The van der Waals surface area contributed by atoms with Crippen molar-refractivity contribution in [2.45, 2.75) is 38.7 Å². The molecule has 1 aliphatic carbocycles. The van der Waals surface area contributed by atoms with E-state index in [2.05, 4.69) is 5.16 Å². The molecule has 0 amide bonds. The van der Waals surface area contributed by atoms with Gasteiger partial charge in [-0.25, -0.2) is 0 Å². The number of benzene rings is 1. The lowest BCUT2D eigenvalue weighted by Crippen LogP contribution is -2.11. The summed E-state index contributed by atoms with van der Waals surface area (Å²) in [6.45, 7) is 2.04. The zero-order chi connectivity index (χ0) is 13.2. The molecular formula is C15H18N2O2. The Morgan fingerprint density at radius 1 is 1.32 bits per heavy atom. The molecule has 4 nitrogen and oxygen atoms in total. The molecule has 0 unspecified atom stereocenters. The number of nitrogens with two attached hydrogens (primary N) is 1. The van der Waals surface area contributed by atoms with E-state index in [0.717, 1.165) is 29.7 Å². The van der Waals surface area contributed by atoms with Crippen molar-refractivity contribution in [2.75, 3.05) is 5.73 Å². The van der Waals surface area contributed by atoms with E-state index in [4.69, 9.17) is 15.0 Å². The molecule has 1 saturated carbocycles. The molecule has 19 heavy (non-hydrogen) atoms. The quantitative estimate of drug-likeness (QED) is 0.914. The topological polar surface area (TPSA) is 61.3 Å². The number of rotatable bonds is 3. The molecule has 0 aliphatic heterocycles. The lowest BCUT2D eigenvalue weighted by Gasteiger charge is -2.16. The highest BCUT2D eigenvalue weighted by Gasteiger charge is 2.20. The number of aryl methyl sites for hydroxylation is 1. The maximum absolute atomic E-state index is 6.12. The van der Waals surface area contributed by atoms with Crippen molar-refractivity contribution in [3.63, 3.8) is 0 Å². The number of nitrogens with zero attached hydrogens (tertiary/aromatic N) is 1. The summed E-state index contributed by atoms with van der Waals surface area (Å²) in [7, 11) is 0. The molecule has 0 bridgehead atoms. The first kappa shape index (κ1) is 12.1. The average molecular weight is 258 g/mol. The standard InChI is InChI=1S/C15H18N2O2/c1-10-5-4-8-12(18-11-6-2-3-7-11)15(10)13-9-14(16)17-19-13/h4-5,8-9,11H,2-3,6-7H2,1H3,(H2,16,17). The molecule has 0 radical (unpaired) electrons. The van der Waals surface area contributed by atoms with E-state index in [1.807, 2.05) is 25.1 Å². The van der Waals surface area contributed by atoms with Crippen molar-refractivity contribution in [1.82, 2.24) is 5.16 Å². The molecule has 1 fully saturated rings. The van der Waals surface area contributed by atoms with E-state index in [-0.39, 0.29) is 0 Å². The summed E-state index contributed by atoms with van der Waals surface area (Å²) < 4.78 is 11.4. The average Bonchev–Trinajstić information content (AvgIpc) is 3.01. The van der Waals surface area contributed by atoms with Crippen molar-refractivity contribution >= 4 is 5.82 Å². The summed E-state index contributed by atoms with van der Waals surface area (Å²) in [6.07, 6.45) is 5.08. The summed E-state index contributed by atoms with van der Waals surface area (Å²) in [6, 6.07) is 7.77. The SMILES string of the molecule is Cc1cccc(OC2CCCC2)c1-c1cc(N)no1. The third-order valence-electron chi connectivity index (χ3n) is 3.61. The van der Waals surface area contributed by atoms with Crippen molar-refractivity contribution in [3.05, 3.63) is 29.8 Å². The van der Waals surface area contributed by atoms with E-state index >= 15 is 0 Å². The van der Waals surface area contributed by atoms with Gasteiger partial charge in [-0.2, -0.15) is 0 Å². The van der Waals surface area contributed by atoms with Gasteiger partial charge in [0.05, 0.1) is 11.7 Å². The van der Waals surface area contributed by atoms with Crippen LogP contribution in [0.4, 0.5) is 5.82 Å². The summed E-state index contributed by atoms with van der Waals surface area (Å²) in [4.78, 5) is 0. The highest BCUT2D eigenvalue weighted by Crippen LogP contribution is 2.36. The molecule has 0 atom stereocenters. The van der Waals surface area contributed by atoms with Gasteiger partial charge >= 0.3 is 0 Å². The maximum Gasteiger partial charge on any atom is 0.173 e. The van der Waals surface area contributed by atoms with Crippen molar-refractivity contribution in [3.8, 4) is 17.1 Å². The fourth-order valence-corrected chi connectivity index (χ4v) is 2.65. The minimum atomic E-state index is 0.320. The summed E-state index contributed by atoms with van der Waals surface area (Å²) in [5.74, 6) is 1.93. The van der Waals surface area contributed by atoms with Crippen LogP contribution >= 0.6 is 0 Å². The van der Waals surface area contributed by atoms with E-state index in [0.29, 0.717) is 17.7 Å². The van der Waals surface area contributed by atoms with E-state index in [1.54, 1.807) is 6.07 Å². The third-order valence-corrected chi connectivity index (χ3v) is 3.61. The predicted octanol–water partition coefficient (Wildman–Crippen LogP) is 3.55. The van der Waals surface area contributed by atoms with E-state index in [9.17, 15) is 0 Å². The van der Waals surface area contributed by atoms with Crippen molar-refractivity contribution in [2.24, 2.45) is 0 Å². The molecule has 0 spiro atoms. The first-order valence-corrected chi connectivity index (χ1v) is 6.73. The number of anilines is 1. The number of hydrogen-bond donors (Lipinski definition) is 1. The van der Waals surface area contributed by atoms with Crippen LogP contribution in [0.15, 0.2) is 28.8 Å². The molecule has 3 rings (SSSR count). The monoisotopic (exact) mass is 258 g/mol. The van der Waals surface area contributed by atoms with Crippen LogP contribution in [0.5, 0.6) is 5.75 Å². The van der Waals surface area contributed by atoms with Crippen LogP contribution in [0, 0.1) is 6.92 Å². The van der Waals surface area contributed by atoms with Crippen LogP contribution < -0.4 is 10.5 Å². The largest absolute Gasteiger partial charge is 0.490 e. The lowest BCUT2D eigenvalue weighted by atomic mass is 10.1. The zero-order valence-electron chi connectivity index (χ0n) is 11.1. The fourth-order valence-electron chi connectivity index (χ4n) is 2.65. The molecule has 4 heteroatoms. The van der Waals surface area contributed by atoms with Gasteiger partial charge in [0.15, 0.2) is 11.6 Å². The molecule has 1 aromatic carbocycles. The van der Waals surface area contributed by atoms with Gasteiger partial charge in [-0.05, 0) is 44.2 Å². The Kier molecular flexibility index (Phi) is 3.15. The van der Waals surface area contributed by atoms with Crippen LogP contribution in [0.1, 0.15) is 31.2 Å². The number of hydrogen-bond acceptors (Lipinski definition) is 4. The second-order valence-electron chi connectivity index (χ2n) is 5.09. The minimum absolute atomic E-state index is 0.320. The van der Waals surface area contributed by atoms with Crippen LogP contribution in [0.3, 0.4) is 0 Å². The van der Waals surface area contributed by atoms with Gasteiger partial charge in [-0.1, -0.05) is 17.3 Å². The highest BCUT2D eigenvalue weighted by atomic mass is 16.5. The van der Waals surface area contributed by atoms with Crippen molar-refractivity contribution in [1.29, 1.82) is 0 Å². The Labute approximate surface area is 112 Å². The lowest BCUT2D eigenvalue weighted by molar-refractivity contribution is 0.210. The molecule has 2 aromatic rings. The van der Waals surface area contributed by atoms with Gasteiger partial charge in [0.1, 0.15) is 5.75 Å². The van der Waals surface area contributed by atoms with Gasteiger partial charge in [-0.3, -0.25) is 0 Å². The Bertz CT molecular complexity index is 571. The smallest absolute Gasteiger partial charge is 0.173 e. The minimum Gasteiger partial charge on any atom is -0.490 e. The maximum atomic E-state index is 6.12. The molecule has 1 aromatic heterocycles. The Hall–Kier alpha value is -1.97. The summed E-state index contributed by atoms with van der Waals surface area (Å²) in [5, 5.41) is 3.75. The molecular weight excluding hydrogens is 240 g/mol. The number of ether oxygens (including phenoxy) is 1.